The van der Waals surface area contributed by atoms with Crippen molar-refractivity contribution in [2.24, 2.45) is 5.41 Å². The van der Waals surface area contributed by atoms with E-state index < -0.39 is 11.0 Å². The van der Waals surface area contributed by atoms with E-state index >= 15 is 0 Å². The Balaban J connectivity index is 2.24. The molecule has 0 aromatic heterocycles. The molecule has 0 radical (unpaired) electrons. The first-order valence-corrected chi connectivity index (χ1v) is 8.50. The van der Waals surface area contributed by atoms with Gasteiger partial charge in [0.25, 0.3) is 0 Å². The summed E-state index contributed by atoms with van der Waals surface area (Å²) in [5.74, 6) is 0.229. The molecule has 5 nitrogen and oxygen atoms in total. The summed E-state index contributed by atoms with van der Waals surface area (Å²) in [6, 6.07) is 0. The Kier molecular flexibility index (Phi) is 3.31. The van der Waals surface area contributed by atoms with E-state index in [9.17, 15) is 4.79 Å². The molecule has 0 saturated carbocycles. The zero-order valence-corrected chi connectivity index (χ0v) is 14.8. The van der Waals surface area contributed by atoms with Gasteiger partial charge < -0.3 is 4.90 Å². The first-order chi connectivity index (χ1) is 9.75. The maximum absolute atomic E-state index is 13.1. The van der Waals surface area contributed by atoms with Gasteiger partial charge >= 0.3 is 0 Å². The summed E-state index contributed by atoms with van der Waals surface area (Å²) < 4.78 is 0.820. The maximum atomic E-state index is 13.1. The Labute approximate surface area is 137 Å². The smallest absolute Gasteiger partial charge is 0.239 e. The molecule has 21 heavy (non-hydrogen) atoms. The van der Waals surface area contributed by atoms with Crippen LogP contribution in [0.3, 0.4) is 0 Å². The Morgan fingerprint density at radius 1 is 1.48 bits per heavy atom. The lowest BCUT2D eigenvalue weighted by molar-refractivity contribution is -0.146. The number of guanidine groups is 1. The summed E-state index contributed by atoms with van der Waals surface area (Å²) in [7, 11) is 3.73. The fraction of sp³-hybridized carbons (Fsp3) is 0.571. The van der Waals surface area contributed by atoms with Gasteiger partial charge in [0.1, 0.15) is 0 Å². The molecule has 3 heterocycles. The van der Waals surface area contributed by atoms with Crippen molar-refractivity contribution in [1.82, 2.24) is 14.7 Å². The molecule has 7 heteroatoms. The van der Waals surface area contributed by atoms with Crippen molar-refractivity contribution in [2.45, 2.75) is 18.9 Å². The third-order valence-electron chi connectivity index (χ3n) is 5.14. The molecule has 0 aromatic carbocycles. The number of carbonyl (C=O) groups is 1. The lowest BCUT2D eigenvalue weighted by Crippen LogP contribution is -2.73. The van der Waals surface area contributed by atoms with Gasteiger partial charge in [-0.1, -0.05) is 18.3 Å². The van der Waals surface area contributed by atoms with Gasteiger partial charge in [-0.05, 0) is 42.9 Å². The Morgan fingerprint density at radius 3 is 2.71 bits per heavy atom. The number of amides is 1. The predicted octanol–water partition coefficient (Wildman–Crippen LogP) is 2.23. The molecular weight excluding hydrogens is 352 g/mol. The molecule has 0 bridgehead atoms. The Bertz CT molecular complexity index is 592. The fourth-order valence-electron chi connectivity index (χ4n) is 3.77. The van der Waals surface area contributed by atoms with Crippen molar-refractivity contribution in [1.29, 1.82) is 5.41 Å². The summed E-state index contributed by atoms with van der Waals surface area (Å²) in [5.41, 5.74) is -1.14. The Morgan fingerprint density at radius 2 is 2.14 bits per heavy atom. The number of nitrogens with one attached hydrogen (secondary N) is 1. The first kappa shape index (κ1) is 15.1. The second kappa shape index (κ2) is 4.60. The first-order valence-electron chi connectivity index (χ1n) is 6.83. The SMILES string of the molecule is C=C1SC=C(Br)N2C(=N)N(C)C(=O)C3(CCN(C)C3)[C@@]12C. The zero-order chi connectivity index (χ0) is 15.6. The second-order valence-electron chi connectivity index (χ2n) is 6.15. The van der Waals surface area contributed by atoms with Crippen LogP contribution in [0.1, 0.15) is 13.3 Å². The number of hydrogen-bond donors (Lipinski definition) is 1. The lowest BCUT2D eigenvalue weighted by atomic mass is 9.66. The lowest BCUT2D eigenvalue weighted by Gasteiger charge is -2.59. The van der Waals surface area contributed by atoms with Gasteiger partial charge in [-0.2, -0.15) is 0 Å². The maximum Gasteiger partial charge on any atom is 0.239 e. The molecule has 1 spiro atoms. The number of nitrogens with zero attached hydrogens (tertiary/aromatic N) is 3. The normalized spacial score (nSPS) is 37.3. The van der Waals surface area contributed by atoms with Gasteiger partial charge in [0.15, 0.2) is 0 Å². The molecule has 1 N–H and O–H groups in total. The van der Waals surface area contributed by atoms with E-state index in [1.54, 1.807) is 18.8 Å². The number of carbonyl (C=O) groups excluding carboxylic acids is 1. The quantitative estimate of drug-likeness (QED) is 0.664. The van der Waals surface area contributed by atoms with Crippen molar-refractivity contribution >= 4 is 39.6 Å². The van der Waals surface area contributed by atoms with Crippen molar-refractivity contribution in [2.75, 3.05) is 27.2 Å². The molecule has 0 aromatic rings. The van der Waals surface area contributed by atoms with Crippen LogP contribution in [0.2, 0.25) is 0 Å². The molecule has 2 atom stereocenters. The molecule has 2 saturated heterocycles. The van der Waals surface area contributed by atoms with Crippen molar-refractivity contribution in [3.8, 4) is 0 Å². The van der Waals surface area contributed by atoms with E-state index in [0.29, 0.717) is 6.54 Å². The largest absolute Gasteiger partial charge is 0.305 e. The highest BCUT2D eigenvalue weighted by molar-refractivity contribution is 9.11. The van der Waals surface area contributed by atoms with Crippen LogP contribution in [-0.4, -0.2) is 59.3 Å². The topological polar surface area (TPSA) is 50.6 Å². The van der Waals surface area contributed by atoms with Gasteiger partial charge in [0, 0.05) is 23.9 Å². The van der Waals surface area contributed by atoms with Crippen molar-refractivity contribution < 1.29 is 4.79 Å². The molecule has 3 rings (SSSR count). The minimum absolute atomic E-state index is 0.0274. The zero-order valence-electron chi connectivity index (χ0n) is 12.4. The molecule has 1 unspecified atom stereocenters. The predicted molar refractivity (Wildman–Crippen MR) is 89.0 cm³/mol. The van der Waals surface area contributed by atoms with Crippen molar-refractivity contribution in [3.63, 3.8) is 0 Å². The van der Waals surface area contributed by atoms with Crippen LogP contribution >= 0.6 is 27.7 Å². The van der Waals surface area contributed by atoms with Crippen LogP contribution in [0, 0.1) is 10.8 Å². The van der Waals surface area contributed by atoms with E-state index in [1.165, 1.54) is 4.90 Å². The average molecular weight is 371 g/mol. The highest BCUT2D eigenvalue weighted by atomic mass is 79.9. The number of likely N-dealkylation sites (tertiary alicyclic amines) is 1. The number of fused-ring (bicyclic) bond motifs is 2. The standard InChI is InChI=1S/C14H19BrN4OS/c1-9-13(2)14(5-6-17(3)8-14)11(20)18(4)12(16)19(13)10(15)7-21-9/h7,16H,1,5-6,8H2,2-4H3/t13-,14?/m1/s1. The van der Waals surface area contributed by atoms with Crippen LogP contribution in [0.15, 0.2) is 21.5 Å². The summed E-state index contributed by atoms with van der Waals surface area (Å²) in [4.78, 5) is 19.6. The number of hydrogen-bond acceptors (Lipinski definition) is 4. The monoisotopic (exact) mass is 370 g/mol. The van der Waals surface area contributed by atoms with Crippen LogP contribution in [0.5, 0.6) is 0 Å². The molecule has 3 aliphatic heterocycles. The van der Waals surface area contributed by atoms with Crippen LogP contribution in [-0.2, 0) is 4.79 Å². The van der Waals surface area contributed by atoms with Crippen LogP contribution < -0.4 is 0 Å². The molecule has 0 aliphatic carbocycles. The van der Waals surface area contributed by atoms with Crippen LogP contribution in [0.25, 0.3) is 0 Å². The number of rotatable bonds is 0. The summed E-state index contributed by atoms with van der Waals surface area (Å²) >= 11 is 5.11. The molecule has 2 fully saturated rings. The minimum Gasteiger partial charge on any atom is -0.305 e. The van der Waals surface area contributed by atoms with E-state index in [1.807, 2.05) is 17.4 Å². The van der Waals surface area contributed by atoms with Gasteiger partial charge in [0.05, 0.1) is 15.6 Å². The van der Waals surface area contributed by atoms with Gasteiger partial charge in [-0.15, -0.1) is 0 Å². The van der Waals surface area contributed by atoms with E-state index in [4.69, 9.17) is 5.41 Å². The summed E-state index contributed by atoms with van der Waals surface area (Å²) in [5, 5.41) is 10.3. The average Bonchev–Trinajstić information content (AvgIpc) is 2.83. The molecule has 3 aliphatic rings. The van der Waals surface area contributed by atoms with E-state index in [-0.39, 0.29) is 11.9 Å². The van der Waals surface area contributed by atoms with Gasteiger partial charge in [0.2, 0.25) is 11.9 Å². The molecule has 114 valence electrons. The highest BCUT2D eigenvalue weighted by Crippen LogP contribution is 2.57. The Hall–Kier alpha value is -0.790. The minimum atomic E-state index is -0.587. The molecular formula is C14H19BrN4OS. The third kappa shape index (κ3) is 1.68. The second-order valence-corrected chi connectivity index (χ2v) is 7.92. The fourth-order valence-corrected chi connectivity index (χ4v) is 5.43. The highest BCUT2D eigenvalue weighted by Gasteiger charge is 2.66. The number of thioether (sulfide) groups is 1. The van der Waals surface area contributed by atoms with E-state index in [2.05, 4.69) is 34.3 Å². The number of halogens is 1. The molecule has 1 amide bonds. The van der Waals surface area contributed by atoms with E-state index in [0.717, 1.165) is 22.5 Å². The summed E-state index contributed by atoms with van der Waals surface area (Å²) in [6.07, 6.45) is 0.785. The summed E-state index contributed by atoms with van der Waals surface area (Å²) in [6.45, 7) is 7.84. The third-order valence-corrected chi connectivity index (χ3v) is 7.05. The van der Waals surface area contributed by atoms with Crippen LogP contribution in [0.4, 0.5) is 0 Å². The van der Waals surface area contributed by atoms with Gasteiger partial charge in [-0.25, -0.2) is 0 Å². The van der Waals surface area contributed by atoms with Crippen molar-refractivity contribution in [3.05, 3.63) is 21.5 Å². The van der Waals surface area contributed by atoms with Gasteiger partial charge in [-0.3, -0.25) is 20.0 Å².